The molecule has 2 heterocycles. The zero-order valence-corrected chi connectivity index (χ0v) is 18.1. The Morgan fingerprint density at radius 3 is 2.47 bits per heavy atom. The van der Waals surface area contributed by atoms with Crippen LogP contribution in [0.2, 0.25) is 0 Å². The highest BCUT2D eigenvalue weighted by atomic mass is 32.1. The lowest BCUT2D eigenvalue weighted by Gasteiger charge is -2.35. The first-order chi connectivity index (χ1) is 14.7. The van der Waals surface area contributed by atoms with Gasteiger partial charge >= 0.3 is 0 Å². The third-order valence-corrected chi connectivity index (χ3v) is 6.39. The van der Waals surface area contributed by atoms with Crippen LogP contribution >= 0.6 is 11.3 Å². The number of aromatic nitrogens is 1. The fraction of sp³-hybridized carbons (Fsp3) is 0.333. The van der Waals surface area contributed by atoms with E-state index in [0.29, 0.717) is 11.4 Å². The predicted molar refractivity (Wildman–Crippen MR) is 121 cm³/mol. The largest absolute Gasteiger partial charge is 0.379 e. The van der Waals surface area contributed by atoms with Gasteiger partial charge in [-0.25, -0.2) is 4.98 Å². The molecule has 1 amide bonds. The maximum Gasteiger partial charge on any atom is 0.266 e. The van der Waals surface area contributed by atoms with Crippen LogP contribution in [0.4, 0.5) is 0 Å². The fourth-order valence-electron chi connectivity index (χ4n) is 3.69. The molecule has 5 nitrogen and oxygen atoms in total. The van der Waals surface area contributed by atoms with Crippen molar-refractivity contribution in [3.63, 3.8) is 0 Å². The van der Waals surface area contributed by atoms with Gasteiger partial charge in [0.15, 0.2) is 0 Å². The molecule has 1 saturated heterocycles. The summed E-state index contributed by atoms with van der Waals surface area (Å²) in [4.78, 5) is 23.1. The Bertz CT molecular complexity index is 939. The van der Waals surface area contributed by atoms with Gasteiger partial charge in [-0.3, -0.25) is 9.69 Å². The van der Waals surface area contributed by atoms with Gasteiger partial charge in [-0.05, 0) is 12.5 Å². The van der Waals surface area contributed by atoms with E-state index >= 15 is 0 Å². The second-order valence-electron chi connectivity index (χ2n) is 7.58. The van der Waals surface area contributed by atoms with Crippen molar-refractivity contribution in [1.29, 1.82) is 0 Å². The van der Waals surface area contributed by atoms with Crippen molar-refractivity contribution >= 4 is 17.2 Å². The molecule has 0 saturated carbocycles. The zero-order chi connectivity index (χ0) is 20.8. The zero-order valence-electron chi connectivity index (χ0n) is 17.2. The van der Waals surface area contributed by atoms with Gasteiger partial charge < -0.3 is 9.64 Å². The number of nitrogens with zero attached hydrogens (tertiary/aromatic N) is 3. The molecule has 1 fully saturated rings. The molecule has 6 heteroatoms. The van der Waals surface area contributed by atoms with E-state index in [9.17, 15) is 4.79 Å². The van der Waals surface area contributed by atoms with Crippen LogP contribution in [-0.2, 0) is 11.3 Å². The van der Waals surface area contributed by atoms with E-state index in [2.05, 4.69) is 28.9 Å². The molecular formula is C24H27N3O2S. The lowest BCUT2D eigenvalue weighted by molar-refractivity contribution is 0.0229. The Morgan fingerprint density at radius 2 is 1.77 bits per heavy atom. The van der Waals surface area contributed by atoms with Crippen LogP contribution in [0.15, 0.2) is 66.9 Å². The number of benzene rings is 2. The van der Waals surface area contributed by atoms with Crippen LogP contribution in [-0.4, -0.2) is 59.6 Å². The molecule has 1 aliphatic rings. The Kier molecular flexibility index (Phi) is 6.89. The van der Waals surface area contributed by atoms with E-state index in [1.807, 2.05) is 53.4 Å². The molecule has 4 rings (SSSR count). The predicted octanol–water partition coefficient (Wildman–Crippen LogP) is 4.17. The van der Waals surface area contributed by atoms with Gasteiger partial charge in [0.2, 0.25) is 0 Å². The second-order valence-corrected chi connectivity index (χ2v) is 8.61. The van der Waals surface area contributed by atoms with E-state index in [4.69, 9.17) is 4.74 Å². The fourth-order valence-corrected chi connectivity index (χ4v) is 4.57. The first-order valence-corrected chi connectivity index (χ1v) is 11.2. The van der Waals surface area contributed by atoms with Crippen LogP contribution in [0.5, 0.6) is 0 Å². The summed E-state index contributed by atoms with van der Waals surface area (Å²) in [5.41, 5.74) is 2.17. The highest BCUT2D eigenvalue weighted by Gasteiger charge is 2.26. The van der Waals surface area contributed by atoms with Gasteiger partial charge in [0, 0.05) is 37.8 Å². The summed E-state index contributed by atoms with van der Waals surface area (Å²) in [6.07, 6.45) is 1.72. The molecule has 30 heavy (non-hydrogen) atoms. The van der Waals surface area contributed by atoms with E-state index in [0.717, 1.165) is 49.0 Å². The highest BCUT2D eigenvalue weighted by Crippen LogP contribution is 2.27. The Labute approximate surface area is 181 Å². The molecule has 0 radical (unpaired) electrons. The first kappa shape index (κ1) is 20.7. The van der Waals surface area contributed by atoms with Crippen LogP contribution in [0.3, 0.4) is 0 Å². The normalized spacial score (nSPS) is 15.6. The van der Waals surface area contributed by atoms with E-state index in [1.54, 1.807) is 6.20 Å². The number of morpholine rings is 1. The number of carbonyl (C=O) groups is 1. The molecule has 156 valence electrons. The van der Waals surface area contributed by atoms with Gasteiger partial charge in [-0.2, -0.15) is 0 Å². The van der Waals surface area contributed by atoms with Crippen LogP contribution in [0, 0.1) is 0 Å². The third kappa shape index (κ3) is 5.14. The van der Waals surface area contributed by atoms with Gasteiger partial charge in [0.1, 0.15) is 9.88 Å². The number of amides is 1. The van der Waals surface area contributed by atoms with Crippen molar-refractivity contribution in [2.45, 2.75) is 19.5 Å². The first-order valence-electron chi connectivity index (χ1n) is 10.4. The molecule has 0 N–H and O–H groups in total. The second kappa shape index (κ2) is 9.98. The summed E-state index contributed by atoms with van der Waals surface area (Å²) in [5.74, 6) is 0.0410. The summed E-state index contributed by atoms with van der Waals surface area (Å²) >= 11 is 1.46. The molecule has 1 aliphatic heterocycles. The average Bonchev–Trinajstić information content (AvgIpc) is 3.29. The van der Waals surface area contributed by atoms with E-state index in [1.165, 1.54) is 11.3 Å². The minimum absolute atomic E-state index is 0.0410. The summed E-state index contributed by atoms with van der Waals surface area (Å²) in [5, 5.41) is 0.874. The molecule has 2 aromatic carbocycles. The van der Waals surface area contributed by atoms with Crippen molar-refractivity contribution in [3.05, 3.63) is 77.3 Å². The minimum Gasteiger partial charge on any atom is -0.379 e. The van der Waals surface area contributed by atoms with Crippen molar-refractivity contribution in [1.82, 2.24) is 14.8 Å². The van der Waals surface area contributed by atoms with Crippen molar-refractivity contribution in [2.75, 3.05) is 32.8 Å². The standard InChI is InChI=1S/C24H27N3O2S/c1-19(17-26-12-14-29-15-13-26)27(18-20-8-4-2-5-9-20)24(28)22-16-25-23(30-22)21-10-6-3-7-11-21/h2-11,16,19H,12-15,17-18H2,1H3. The number of thiazole rings is 1. The van der Waals surface area contributed by atoms with Crippen molar-refractivity contribution in [2.24, 2.45) is 0 Å². The SMILES string of the molecule is CC(CN1CCOCC1)N(Cc1ccccc1)C(=O)c1cnc(-c2ccccc2)s1. The van der Waals surface area contributed by atoms with E-state index < -0.39 is 0 Å². The number of rotatable bonds is 7. The highest BCUT2D eigenvalue weighted by molar-refractivity contribution is 7.16. The quantitative estimate of drug-likeness (QED) is 0.574. The molecule has 1 aromatic heterocycles. The van der Waals surface area contributed by atoms with Crippen LogP contribution in [0.25, 0.3) is 10.6 Å². The van der Waals surface area contributed by atoms with Crippen molar-refractivity contribution < 1.29 is 9.53 Å². The van der Waals surface area contributed by atoms with Crippen LogP contribution in [0.1, 0.15) is 22.2 Å². The summed E-state index contributed by atoms with van der Waals surface area (Å²) in [6.45, 7) is 6.90. The van der Waals surface area contributed by atoms with Crippen molar-refractivity contribution in [3.8, 4) is 10.6 Å². The smallest absolute Gasteiger partial charge is 0.266 e. The third-order valence-electron chi connectivity index (χ3n) is 5.35. The molecule has 0 spiro atoms. The Hall–Kier alpha value is -2.54. The molecule has 1 atom stereocenters. The number of ether oxygens (including phenoxy) is 1. The maximum atomic E-state index is 13.5. The van der Waals surface area contributed by atoms with Crippen LogP contribution < -0.4 is 0 Å². The molecule has 0 aliphatic carbocycles. The molecular weight excluding hydrogens is 394 g/mol. The number of carbonyl (C=O) groups excluding carboxylic acids is 1. The van der Waals surface area contributed by atoms with Gasteiger partial charge in [-0.1, -0.05) is 60.7 Å². The van der Waals surface area contributed by atoms with Gasteiger partial charge in [0.05, 0.1) is 19.4 Å². The number of hydrogen-bond acceptors (Lipinski definition) is 5. The number of hydrogen-bond donors (Lipinski definition) is 0. The maximum absolute atomic E-state index is 13.5. The Balaban J connectivity index is 1.54. The minimum atomic E-state index is 0.0410. The lowest BCUT2D eigenvalue weighted by Crippen LogP contribution is -2.47. The molecule has 0 bridgehead atoms. The molecule has 3 aromatic rings. The van der Waals surface area contributed by atoms with Gasteiger partial charge in [-0.15, -0.1) is 11.3 Å². The molecule has 1 unspecified atom stereocenters. The monoisotopic (exact) mass is 421 g/mol. The summed E-state index contributed by atoms with van der Waals surface area (Å²) < 4.78 is 5.47. The lowest BCUT2D eigenvalue weighted by atomic mass is 10.1. The van der Waals surface area contributed by atoms with Gasteiger partial charge in [0.25, 0.3) is 5.91 Å². The topological polar surface area (TPSA) is 45.7 Å². The Morgan fingerprint density at radius 1 is 1.10 bits per heavy atom. The summed E-state index contributed by atoms with van der Waals surface area (Å²) in [7, 11) is 0. The summed E-state index contributed by atoms with van der Waals surface area (Å²) in [6, 6.07) is 20.3. The van der Waals surface area contributed by atoms with E-state index in [-0.39, 0.29) is 11.9 Å². The average molecular weight is 422 g/mol.